The van der Waals surface area contributed by atoms with E-state index in [9.17, 15) is 15.0 Å². The smallest absolute Gasteiger partial charge is 0.223 e. The van der Waals surface area contributed by atoms with Crippen molar-refractivity contribution < 1.29 is 15.3 Å². The number of pyridine rings is 1. The maximum Gasteiger partial charge on any atom is 0.223 e. The molecule has 0 unspecified atom stereocenters. The van der Waals surface area contributed by atoms with Gasteiger partial charge in [0.25, 0.3) is 0 Å². The summed E-state index contributed by atoms with van der Waals surface area (Å²) in [5.41, 5.74) is 0.585. The lowest BCUT2D eigenvalue weighted by atomic mass is 10.2. The highest BCUT2D eigenvalue weighted by Gasteiger charge is 2.18. The van der Waals surface area contributed by atoms with Crippen molar-refractivity contribution in [2.75, 3.05) is 19.7 Å². The topological polar surface area (TPSA) is 85.9 Å². The third kappa shape index (κ3) is 4.09. The minimum absolute atomic E-state index is 0.0287. The molecule has 1 saturated heterocycles. The zero-order chi connectivity index (χ0) is 15.9. The Labute approximate surface area is 130 Å². The van der Waals surface area contributed by atoms with Gasteiger partial charge in [0.05, 0.1) is 12.3 Å². The second-order valence-electron chi connectivity index (χ2n) is 5.87. The van der Waals surface area contributed by atoms with Crippen LogP contribution in [-0.2, 0) is 19.7 Å². The summed E-state index contributed by atoms with van der Waals surface area (Å²) in [5, 5.41) is 28.7. The maximum absolute atomic E-state index is 11.9. The second kappa shape index (κ2) is 8.31. The molecule has 22 heavy (non-hydrogen) atoms. The largest absolute Gasteiger partial charge is 0.503 e. The molecule has 0 aromatic carbocycles. The SMILES string of the molecule is O=c1cc(CO)n(CCCO)c(CN2CCCCCC2)c1O. The number of aromatic hydroxyl groups is 1. The summed E-state index contributed by atoms with van der Waals surface area (Å²) in [5.74, 6) is -0.237. The van der Waals surface area contributed by atoms with Crippen molar-refractivity contribution in [3.05, 3.63) is 27.7 Å². The van der Waals surface area contributed by atoms with Gasteiger partial charge in [0.2, 0.25) is 5.43 Å². The van der Waals surface area contributed by atoms with E-state index in [1.165, 1.54) is 18.9 Å². The average molecular weight is 310 g/mol. The van der Waals surface area contributed by atoms with Crippen molar-refractivity contribution in [2.45, 2.75) is 51.8 Å². The van der Waals surface area contributed by atoms with Gasteiger partial charge < -0.3 is 19.9 Å². The van der Waals surface area contributed by atoms with Crippen LogP contribution in [0.2, 0.25) is 0 Å². The molecule has 0 spiro atoms. The molecule has 2 heterocycles. The standard InChI is InChI=1S/C16H26N2O4/c19-9-5-8-18-13(12-20)10-15(21)16(22)14(18)11-17-6-3-1-2-4-7-17/h10,19-20,22H,1-9,11-12H2. The Bertz CT molecular complexity index is 534. The number of hydrogen-bond donors (Lipinski definition) is 3. The van der Waals surface area contributed by atoms with E-state index >= 15 is 0 Å². The van der Waals surface area contributed by atoms with Crippen LogP contribution in [0, 0.1) is 0 Å². The molecule has 1 aromatic heterocycles. The fourth-order valence-electron chi connectivity index (χ4n) is 3.05. The Morgan fingerprint density at radius 2 is 1.77 bits per heavy atom. The van der Waals surface area contributed by atoms with E-state index in [-0.39, 0.29) is 19.0 Å². The molecule has 6 nitrogen and oxygen atoms in total. The van der Waals surface area contributed by atoms with Crippen LogP contribution in [0.15, 0.2) is 10.9 Å². The van der Waals surface area contributed by atoms with Gasteiger partial charge in [0.1, 0.15) is 0 Å². The number of aliphatic hydroxyl groups excluding tert-OH is 2. The van der Waals surface area contributed by atoms with Gasteiger partial charge in [-0.2, -0.15) is 0 Å². The minimum atomic E-state index is -0.450. The molecule has 1 aromatic rings. The third-order valence-electron chi connectivity index (χ3n) is 4.25. The van der Waals surface area contributed by atoms with Gasteiger partial charge in [-0.15, -0.1) is 0 Å². The van der Waals surface area contributed by atoms with Gasteiger partial charge >= 0.3 is 0 Å². The van der Waals surface area contributed by atoms with Crippen molar-refractivity contribution in [2.24, 2.45) is 0 Å². The summed E-state index contributed by atoms with van der Waals surface area (Å²) in [4.78, 5) is 14.2. The van der Waals surface area contributed by atoms with Gasteiger partial charge in [0, 0.05) is 31.5 Å². The minimum Gasteiger partial charge on any atom is -0.503 e. The van der Waals surface area contributed by atoms with Crippen LogP contribution in [0.3, 0.4) is 0 Å². The highest BCUT2D eigenvalue weighted by Crippen LogP contribution is 2.20. The van der Waals surface area contributed by atoms with Crippen LogP contribution in [0.1, 0.15) is 43.5 Å². The number of aromatic nitrogens is 1. The molecule has 0 radical (unpaired) electrons. The first-order chi connectivity index (χ1) is 10.7. The van der Waals surface area contributed by atoms with Crippen LogP contribution >= 0.6 is 0 Å². The lowest BCUT2D eigenvalue weighted by Crippen LogP contribution is -2.28. The monoisotopic (exact) mass is 310 g/mol. The molecule has 3 N–H and O–H groups in total. The average Bonchev–Trinajstić information content (AvgIpc) is 2.79. The normalized spacial score (nSPS) is 16.6. The molecule has 0 saturated carbocycles. The molecule has 2 rings (SSSR count). The quantitative estimate of drug-likeness (QED) is 0.724. The van der Waals surface area contributed by atoms with Crippen molar-refractivity contribution in [1.82, 2.24) is 9.47 Å². The number of aliphatic hydroxyl groups is 2. The van der Waals surface area contributed by atoms with Gasteiger partial charge in [-0.3, -0.25) is 9.69 Å². The highest BCUT2D eigenvalue weighted by molar-refractivity contribution is 5.30. The molecule has 1 aliphatic heterocycles. The van der Waals surface area contributed by atoms with Crippen LogP contribution < -0.4 is 5.43 Å². The Kier molecular flexibility index (Phi) is 6.42. The highest BCUT2D eigenvalue weighted by atomic mass is 16.3. The van der Waals surface area contributed by atoms with Gasteiger partial charge in [-0.25, -0.2) is 0 Å². The molecule has 1 aliphatic rings. The first kappa shape index (κ1) is 17.0. The first-order valence-corrected chi connectivity index (χ1v) is 8.06. The Hall–Kier alpha value is -1.37. The van der Waals surface area contributed by atoms with E-state index in [0.717, 1.165) is 25.9 Å². The Morgan fingerprint density at radius 3 is 2.36 bits per heavy atom. The van der Waals surface area contributed by atoms with Crippen molar-refractivity contribution in [3.63, 3.8) is 0 Å². The fourth-order valence-corrected chi connectivity index (χ4v) is 3.05. The number of likely N-dealkylation sites (tertiary alicyclic amines) is 1. The number of hydrogen-bond acceptors (Lipinski definition) is 5. The Balaban J connectivity index is 2.33. The van der Waals surface area contributed by atoms with Gasteiger partial charge in [-0.1, -0.05) is 12.8 Å². The summed E-state index contributed by atoms with van der Waals surface area (Å²) in [6, 6.07) is 1.28. The van der Waals surface area contributed by atoms with E-state index in [4.69, 9.17) is 5.11 Å². The second-order valence-corrected chi connectivity index (χ2v) is 5.87. The van der Waals surface area contributed by atoms with E-state index in [2.05, 4.69) is 4.90 Å². The van der Waals surface area contributed by atoms with Gasteiger partial charge in [-0.05, 0) is 32.4 Å². The maximum atomic E-state index is 11.9. The van der Waals surface area contributed by atoms with Crippen LogP contribution in [0.4, 0.5) is 0 Å². The molecule has 6 heteroatoms. The van der Waals surface area contributed by atoms with Crippen LogP contribution in [0.5, 0.6) is 5.75 Å². The zero-order valence-electron chi connectivity index (χ0n) is 13.0. The molecule has 0 bridgehead atoms. The molecule has 124 valence electrons. The van der Waals surface area contributed by atoms with E-state index in [1.54, 1.807) is 4.57 Å². The van der Waals surface area contributed by atoms with E-state index in [0.29, 0.717) is 30.9 Å². The molecular weight excluding hydrogens is 284 g/mol. The van der Waals surface area contributed by atoms with Crippen molar-refractivity contribution in [3.8, 4) is 5.75 Å². The molecule has 1 fully saturated rings. The molecule has 0 aliphatic carbocycles. The van der Waals surface area contributed by atoms with E-state index < -0.39 is 5.43 Å². The van der Waals surface area contributed by atoms with E-state index in [1.807, 2.05) is 0 Å². The predicted octanol–water partition coefficient (Wildman–Crippen LogP) is 0.805. The lowest BCUT2D eigenvalue weighted by molar-refractivity contribution is 0.240. The summed E-state index contributed by atoms with van der Waals surface area (Å²) in [7, 11) is 0. The predicted molar refractivity (Wildman–Crippen MR) is 83.7 cm³/mol. The number of nitrogens with zero attached hydrogens (tertiary/aromatic N) is 2. The Morgan fingerprint density at radius 1 is 1.09 bits per heavy atom. The van der Waals surface area contributed by atoms with Crippen LogP contribution in [0.25, 0.3) is 0 Å². The van der Waals surface area contributed by atoms with Gasteiger partial charge in [0.15, 0.2) is 5.75 Å². The summed E-state index contributed by atoms with van der Waals surface area (Å²) in [6.45, 7) is 2.66. The van der Waals surface area contributed by atoms with Crippen molar-refractivity contribution >= 4 is 0 Å². The van der Waals surface area contributed by atoms with Crippen LogP contribution in [-0.4, -0.2) is 44.5 Å². The summed E-state index contributed by atoms with van der Waals surface area (Å²) >= 11 is 0. The first-order valence-electron chi connectivity index (χ1n) is 8.06. The molecule has 0 amide bonds. The molecular formula is C16H26N2O4. The zero-order valence-corrected chi connectivity index (χ0v) is 13.0. The third-order valence-corrected chi connectivity index (χ3v) is 4.25. The summed E-state index contributed by atoms with van der Waals surface area (Å²) < 4.78 is 1.78. The summed E-state index contributed by atoms with van der Waals surface area (Å²) in [6.07, 6.45) is 5.21. The number of rotatable bonds is 6. The van der Waals surface area contributed by atoms with Crippen molar-refractivity contribution in [1.29, 1.82) is 0 Å². The fraction of sp³-hybridized carbons (Fsp3) is 0.688. The molecule has 0 atom stereocenters. The lowest BCUT2D eigenvalue weighted by Gasteiger charge is -2.24.